The van der Waals surface area contributed by atoms with Crippen LogP contribution in [0.4, 0.5) is 0 Å². The van der Waals surface area contributed by atoms with Crippen molar-refractivity contribution in [2.24, 2.45) is 11.8 Å². The van der Waals surface area contributed by atoms with Crippen molar-refractivity contribution in [2.75, 3.05) is 39.5 Å². The molecule has 0 heterocycles. The van der Waals surface area contributed by atoms with Gasteiger partial charge in [-0.3, -0.25) is 9.59 Å². The summed E-state index contributed by atoms with van der Waals surface area (Å²) in [6, 6.07) is 0. The lowest BCUT2D eigenvalue weighted by atomic mass is 9.99. The van der Waals surface area contributed by atoms with Gasteiger partial charge in [0, 0.05) is 19.4 Å². The van der Waals surface area contributed by atoms with Gasteiger partial charge in [-0.1, -0.05) is 155 Å². The number of hydrogen-bond acceptors (Lipinski definition) is 6. The van der Waals surface area contributed by atoms with Gasteiger partial charge in [0.05, 0.1) is 19.3 Å². The molecule has 316 valence electrons. The molecule has 0 N–H and O–H groups in total. The third-order valence-corrected chi connectivity index (χ3v) is 11.0. The van der Waals surface area contributed by atoms with Crippen molar-refractivity contribution in [3.63, 3.8) is 0 Å². The van der Waals surface area contributed by atoms with Crippen molar-refractivity contribution in [1.82, 2.24) is 4.90 Å². The summed E-state index contributed by atoms with van der Waals surface area (Å²) in [7, 11) is 0. The number of carbonyl (C=O) groups is 2. The monoisotopic (exact) mass is 760 g/mol. The molecule has 0 aliphatic heterocycles. The van der Waals surface area contributed by atoms with Crippen LogP contribution in [0.5, 0.6) is 0 Å². The highest BCUT2D eigenvalue weighted by Crippen LogP contribution is 2.19. The number of esters is 2. The Morgan fingerprint density at radius 2 is 1.07 bits per heavy atom. The summed E-state index contributed by atoms with van der Waals surface area (Å²) in [4.78, 5) is 26.8. The first-order chi connectivity index (χ1) is 26.4. The van der Waals surface area contributed by atoms with Gasteiger partial charge in [0.25, 0.3) is 0 Å². The third-order valence-electron chi connectivity index (χ3n) is 11.0. The summed E-state index contributed by atoms with van der Waals surface area (Å²) < 4.78 is 17.5. The first-order valence-electron chi connectivity index (χ1n) is 23.2. The number of unbranched alkanes of at least 4 members (excludes halogenated alkanes) is 15. The zero-order valence-corrected chi connectivity index (χ0v) is 36.5. The van der Waals surface area contributed by atoms with Crippen LogP contribution < -0.4 is 0 Å². The zero-order chi connectivity index (χ0) is 39.7. The van der Waals surface area contributed by atoms with Gasteiger partial charge in [-0.15, -0.1) is 0 Å². The molecule has 0 aromatic rings. The first-order valence-corrected chi connectivity index (χ1v) is 23.2. The molecule has 0 radical (unpaired) electrons. The Kier molecular flexibility index (Phi) is 39.4. The van der Waals surface area contributed by atoms with Crippen molar-refractivity contribution in [1.29, 1.82) is 0 Å². The molecular formula is C48H89NO5. The van der Waals surface area contributed by atoms with E-state index < -0.39 is 0 Å². The predicted molar refractivity (Wildman–Crippen MR) is 230 cm³/mol. The average Bonchev–Trinajstić information content (AvgIpc) is 3.17. The molecule has 0 fully saturated rings. The highest BCUT2D eigenvalue weighted by molar-refractivity contribution is 5.69. The Balaban J connectivity index is 4.14. The second kappa shape index (κ2) is 40.8. The number of nitrogens with zero attached hydrogens (tertiary/aromatic N) is 1. The van der Waals surface area contributed by atoms with Crippen LogP contribution >= 0.6 is 0 Å². The summed E-state index contributed by atoms with van der Waals surface area (Å²) in [6.45, 7) is 20.2. The van der Waals surface area contributed by atoms with Crippen LogP contribution in [0.25, 0.3) is 0 Å². The van der Waals surface area contributed by atoms with E-state index in [0.717, 1.165) is 71.1 Å². The number of hydrogen-bond donors (Lipinski definition) is 0. The summed E-state index contributed by atoms with van der Waals surface area (Å²) in [5.74, 6) is 0.958. The molecule has 3 unspecified atom stereocenters. The van der Waals surface area contributed by atoms with Crippen molar-refractivity contribution >= 4 is 11.9 Å². The van der Waals surface area contributed by atoms with Gasteiger partial charge in [0.2, 0.25) is 0 Å². The molecule has 0 rings (SSSR count). The van der Waals surface area contributed by atoms with Gasteiger partial charge < -0.3 is 19.1 Å². The quantitative estimate of drug-likeness (QED) is 0.0351. The maximum Gasteiger partial charge on any atom is 0.305 e. The predicted octanol–water partition coefficient (Wildman–Crippen LogP) is 13.5. The molecule has 54 heavy (non-hydrogen) atoms. The van der Waals surface area contributed by atoms with Crippen LogP contribution in [0.3, 0.4) is 0 Å². The zero-order valence-electron chi connectivity index (χ0n) is 36.5. The number of ether oxygens (including phenoxy) is 3. The first kappa shape index (κ1) is 52.2. The third kappa shape index (κ3) is 35.8. The van der Waals surface area contributed by atoms with Gasteiger partial charge in [-0.25, -0.2) is 0 Å². The molecule has 0 saturated carbocycles. The maximum absolute atomic E-state index is 12.2. The van der Waals surface area contributed by atoms with E-state index in [4.69, 9.17) is 14.2 Å². The van der Waals surface area contributed by atoms with Crippen molar-refractivity contribution < 1.29 is 23.8 Å². The lowest BCUT2D eigenvalue weighted by molar-refractivity contribution is -0.145. The molecular weight excluding hydrogens is 671 g/mol. The van der Waals surface area contributed by atoms with E-state index in [0.29, 0.717) is 44.0 Å². The van der Waals surface area contributed by atoms with Gasteiger partial charge in [0.15, 0.2) is 0 Å². The second-order valence-corrected chi connectivity index (χ2v) is 15.9. The largest absolute Gasteiger partial charge is 0.466 e. The number of allylic oxidation sites excluding steroid dienone is 1. The molecule has 0 bridgehead atoms. The maximum atomic E-state index is 12.2. The van der Waals surface area contributed by atoms with Crippen molar-refractivity contribution in [3.05, 3.63) is 24.1 Å². The van der Waals surface area contributed by atoms with Crippen molar-refractivity contribution in [2.45, 2.75) is 221 Å². The van der Waals surface area contributed by atoms with E-state index in [1.54, 1.807) is 0 Å². The molecule has 6 heteroatoms. The minimum absolute atomic E-state index is 0.0139. The summed E-state index contributed by atoms with van der Waals surface area (Å²) >= 11 is 0. The van der Waals surface area contributed by atoms with Crippen LogP contribution in [0.1, 0.15) is 214 Å². The molecule has 0 aliphatic rings. The molecule has 0 aromatic carbocycles. The fraction of sp³-hybridized carbons (Fsp3) is 0.875. The smallest absolute Gasteiger partial charge is 0.305 e. The minimum atomic E-state index is -0.0566. The Hall–Kier alpha value is -1.84. The van der Waals surface area contributed by atoms with Gasteiger partial charge in [-0.05, 0) is 102 Å². The Morgan fingerprint density at radius 3 is 1.59 bits per heavy atom. The fourth-order valence-corrected chi connectivity index (χ4v) is 7.08. The molecule has 0 aliphatic carbocycles. The fourth-order valence-electron chi connectivity index (χ4n) is 7.08. The normalized spacial score (nSPS) is 12.9. The number of carbonyl (C=O) groups excluding carboxylic acids is 2. The van der Waals surface area contributed by atoms with Crippen LogP contribution in [-0.2, 0) is 23.8 Å². The Morgan fingerprint density at radius 1 is 0.574 bits per heavy atom. The molecule has 0 amide bonds. The van der Waals surface area contributed by atoms with Crippen LogP contribution in [0, 0.1) is 11.8 Å². The molecule has 0 aromatic heterocycles. The molecule has 3 atom stereocenters. The lowest BCUT2D eigenvalue weighted by Gasteiger charge is -2.20. The molecule has 6 nitrogen and oxygen atoms in total. The summed E-state index contributed by atoms with van der Waals surface area (Å²) in [5.41, 5.74) is 5.67. The van der Waals surface area contributed by atoms with Crippen LogP contribution in [0.2, 0.25) is 0 Å². The van der Waals surface area contributed by atoms with Crippen LogP contribution in [0.15, 0.2) is 24.1 Å². The number of rotatable bonds is 41. The highest BCUT2D eigenvalue weighted by atomic mass is 16.5. The SMILES string of the molecule is C=C=C=CC(CCCC)CCOC(=O)CCCCCCCCCC(CCCCCCCCCC(=O)OCCC(C)CCCC)OCCCCN(CC)CC. The second-order valence-electron chi connectivity index (χ2n) is 15.9. The summed E-state index contributed by atoms with van der Waals surface area (Å²) in [5, 5.41) is 0. The molecule has 0 saturated heterocycles. The van der Waals surface area contributed by atoms with Gasteiger partial charge in [0.1, 0.15) is 0 Å². The minimum Gasteiger partial charge on any atom is -0.466 e. The highest BCUT2D eigenvalue weighted by Gasteiger charge is 2.11. The molecule has 0 spiro atoms. The Labute approximate surface area is 335 Å². The van der Waals surface area contributed by atoms with Crippen LogP contribution in [-0.4, -0.2) is 62.4 Å². The van der Waals surface area contributed by atoms with E-state index in [1.807, 2.05) is 6.08 Å². The topological polar surface area (TPSA) is 65.1 Å². The van der Waals surface area contributed by atoms with E-state index in [9.17, 15) is 9.59 Å². The summed E-state index contributed by atoms with van der Waals surface area (Å²) in [6.07, 6.45) is 33.8. The van der Waals surface area contributed by atoms with E-state index in [-0.39, 0.29) is 11.9 Å². The van der Waals surface area contributed by atoms with E-state index in [2.05, 4.69) is 57.6 Å². The van der Waals surface area contributed by atoms with Gasteiger partial charge >= 0.3 is 11.9 Å². The average molecular weight is 760 g/mol. The van der Waals surface area contributed by atoms with Gasteiger partial charge in [-0.2, -0.15) is 0 Å². The van der Waals surface area contributed by atoms with E-state index in [1.165, 1.54) is 122 Å². The van der Waals surface area contributed by atoms with E-state index >= 15 is 0 Å². The standard InChI is InChI=1S/C48H89NO5/c1-7-12-31-44(6)38-42-53-47(50)36-27-23-19-15-17-21-25-34-46(52-41-30-29-40-49(10-4)11-5)35-26-22-18-16-20-24-28-37-48(51)54-43-39-45(32-13-8-2)33-14-9-3/h32,44-46H,2,7,9-12,14-31,33-43H2,1,3-6H3. The van der Waals surface area contributed by atoms with Crippen molar-refractivity contribution in [3.8, 4) is 0 Å². The Bertz CT molecular complexity index is 920. The lowest BCUT2D eigenvalue weighted by Crippen LogP contribution is -2.24.